The summed E-state index contributed by atoms with van der Waals surface area (Å²) in [7, 11) is -4.15. The summed E-state index contributed by atoms with van der Waals surface area (Å²) in [6, 6.07) is 7.59. The van der Waals surface area contributed by atoms with Gasteiger partial charge in [-0.3, -0.25) is 23.4 Å². The van der Waals surface area contributed by atoms with Crippen LogP contribution in [0.4, 0.5) is 0 Å². The Kier molecular flexibility index (Phi) is 4.83. The molecule has 1 aromatic heterocycles. The molecule has 2 aromatic rings. The van der Waals surface area contributed by atoms with Gasteiger partial charge in [0.15, 0.2) is 11.3 Å². The van der Waals surface area contributed by atoms with Gasteiger partial charge in [0.1, 0.15) is 24.6 Å². The Morgan fingerprint density at radius 3 is 2.90 bits per heavy atom. The molecule has 1 saturated heterocycles. The Balaban J connectivity index is 1.55. The van der Waals surface area contributed by atoms with Crippen LogP contribution in [-0.4, -0.2) is 43.6 Å². The highest BCUT2D eigenvalue weighted by Gasteiger charge is 2.56. The first-order valence-corrected chi connectivity index (χ1v) is 10.1. The zero-order valence-electron chi connectivity index (χ0n) is 15.6. The van der Waals surface area contributed by atoms with E-state index in [9.17, 15) is 24.4 Å². The monoisotopic (exact) mass is 447 g/mol. The minimum Gasteiger partial charge on any atom is -0.404 e. The van der Waals surface area contributed by atoms with Crippen molar-refractivity contribution in [3.8, 4) is 5.75 Å². The molecule has 1 fully saturated rings. The summed E-state index contributed by atoms with van der Waals surface area (Å²) in [6.07, 6.45) is -5.68. The average molecular weight is 448 g/mol. The second kappa shape index (κ2) is 7.37. The van der Waals surface area contributed by atoms with Crippen LogP contribution in [0.1, 0.15) is 13.1 Å². The number of halogens is 1. The number of phosphoric acid groups is 1. The number of para-hydroxylation sites is 1. The maximum absolute atomic E-state index is 12.7. The molecule has 1 aromatic carbocycles. The molecule has 2 aliphatic rings. The van der Waals surface area contributed by atoms with Gasteiger partial charge in [0.05, 0.1) is 7.98 Å². The molecule has 3 N–H and O–H groups in total. The highest BCUT2D eigenvalue weighted by molar-refractivity contribution is 7.49. The van der Waals surface area contributed by atoms with Gasteiger partial charge in [-0.15, -0.1) is 0 Å². The molecular formula is C16H16ClN2O9P. The summed E-state index contributed by atoms with van der Waals surface area (Å²) in [5, 5.41) is 18.4. The number of benzene rings is 1. The van der Waals surface area contributed by atoms with Crippen molar-refractivity contribution in [3.05, 3.63) is 62.9 Å². The van der Waals surface area contributed by atoms with E-state index in [2.05, 4.69) is 0 Å². The highest BCUT2D eigenvalue weighted by atomic mass is 35.5. The Hall–Kier alpha value is -1.98. The number of aromatic amines is 1. The highest BCUT2D eigenvalue weighted by Crippen LogP contribution is 2.55. The maximum atomic E-state index is 12.7. The molecular weight excluding hydrogens is 431 g/mol. The number of aliphatic hydroxyl groups is 2. The number of rotatable bonds is 4. The number of hydrogen-bond acceptors (Lipinski definition) is 9. The smallest absolute Gasteiger partial charge is 0.404 e. The normalized spacial score (nSPS) is 36.9. The van der Waals surface area contributed by atoms with Crippen LogP contribution in [0.3, 0.4) is 0 Å². The predicted molar refractivity (Wildman–Crippen MR) is 97.5 cm³/mol. The lowest BCUT2D eigenvalue weighted by Gasteiger charge is -2.29. The van der Waals surface area contributed by atoms with Gasteiger partial charge >= 0.3 is 13.5 Å². The number of phosphoric ester groups is 1. The number of hydrogen-bond donors (Lipinski definition) is 3. The van der Waals surface area contributed by atoms with Gasteiger partial charge in [-0.1, -0.05) is 29.8 Å². The standard InChI is InChI=1S/C16H16ClN2O9P/c17-16(8-26-29(24)25-7-9-3-1-2-4-10(9)28-29)13(22)12(21)14(27-16)19-6-5-11(20)18-15(19)23/h1-6,12-14,21-22H,7-8H2,(H,18,20,23)/t12-,13+,14-,16-,29?/m1/s1/i14D. The fraction of sp³-hybridized carbons (Fsp3) is 0.375. The molecule has 0 amide bonds. The quantitative estimate of drug-likeness (QED) is 0.448. The van der Waals surface area contributed by atoms with Gasteiger partial charge < -0.3 is 19.5 Å². The van der Waals surface area contributed by atoms with E-state index in [1.165, 1.54) is 0 Å². The number of H-pyrrole nitrogens is 1. The molecule has 4 rings (SSSR count). The molecule has 0 saturated carbocycles. The number of nitrogens with one attached hydrogen (secondary N) is 1. The third-order valence-corrected chi connectivity index (χ3v) is 6.03. The third kappa shape index (κ3) is 3.78. The number of nitrogens with zero attached hydrogens (tertiary/aromatic N) is 1. The van der Waals surface area contributed by atoms with Crippen molar-refractivity contribution in [3.63, 3.8) is 0 Å². The average Bonchev–Trinajstić information content (AvgIpc) is 2.87. The molecule has 2 aliphatic heterocycles. The van der Waals surface area contributed by atoms with Crippen molar-refractivity contribution in [1.29, 1.82) is 0 Å². The van der Waals surface area contributed by atoms with Gasteiger partial charge in [0, 0.05) is 17.8 Å². The fourth-order valence-corrected chi connectivity index (χ4v) is 4.38. The number of aromatic nitrogens is 2. The van der Waals surface area contributed by atoms with E-state index in [1.54, 1.807) is 24.3 Å². The van der Waals surface area contributed by atoms with E-state index in [-0.39, 0.29) is 12.4 Å². The second-order valence-corrected chi connectivity index (χ2v) is 8.52. The van der Waals surface area contributed by atoms with Crippen molar-refractivity contribution in [1.82, 2.24) is 9.55 Å². The third-order valence-electron chi connectivity index (χ3n) is 4.31. The van der Waals surface area contributed by atoms with Crippen LogP contribution in [0.15, 0.2) is 46.1 Å². The van der Waals surface area contributed by atoms with Crippen LogP contribution in [0.2, 0.25) is 0 Å². The molecule has 0 radical (unpaired) electrons. The molecule has 5 atom stereocenters. The first-order chi connectivity index (χ1) is 14.1. The van der Waals surface area contributed by atoms with E-state index < -0.39 is 49.2 Å². The number of fused-ring (bicyclic) bond motifs is 1. The van der Waals surface area contributed by atoms with E-state index >= 15 is 0 Å². The van der Waals surface area contributed by atoms with Crippen LogP contribution in [0.25, 0.3) is 0 Å². The van der Waals surface area contributed by atoms with Gasteiger partial charge in [-0.05, 0) is 6.07 Å². The first-order valence-electron chi connectivity index (χ1n) is 8.81. The van der Waals surface area contributed by atoms with E-state index in [0.717, 1.165) is 12.3 Å². The number of aliphatic hydroxyl groups excluding tert-OH is 2. The van der Waals surface area contributed by atoms with Crippen molar-refractivity contribution in [2.75, 3.05) is 6.61 Å². The number of alkyl halides is 1. The van der Waals surface area contributed by atoms with Crippen LogP contribution < -0.4 is 15.8 Å². The summed E-state index contributed by atoms with van der Waals surface area (Å²) >= 11 is 6.22. The molecule has 0 aliphatic carbocycles. The van der Waals surface area contributed by atoms with Gasteiger partial charge in [0.2, 0.25) is 0 Å². The van der Waals surface area contributed by atoms with Crippen molar-refractivity contribution >= 4 is 19.4 Å². The lowest BCUT2D eigenvalue weighted by Crippen LogP contribution is -2.42. The Labute approximate surface area is 169 Å². The van der Waals surface area contributed by atoms with Crippen LogP contribution >= 0.6 is 19.4 Å². The summed E-state index contributed by atoms with van der Waals surface area (Å²) in [6.45, 7) is -0.894. The van der Waals surface area contributed by atoms with E-state index in [4.69, 9.17) is 31.3 Å². The van der Waals surface area contributed by atoms with Gasteiger partial charge in [-0.25, -0.2) is 9.36 Å². The molecule has 11 nitrogen and oxygen atoms in total. The lowest BCUT2D eigenvalue weighted by atomic mass is 10.1. The van der Waals surface area contributed by atoms with Crippen molar-refractivity contribution in [2.45, 2.75) is 30.1 Å². The second-order valence-electron chi connectivity index (χ2n) is 6.29. The van der Waals surface area contributed by atoms with Crippen LogP contribution in [0, 0.1) is 0 Å². The molecule has 0 bridgehead atoms. The Bertz CT molecular complexity index is 1140. The topological polar surface area (TPSA) is 149 Å². The minimum absolute atomic E-state index is 0.0655. The summed E-state index contributed by atoms with van der Waals surface area (Å²) in [5.41, 5.74) is -1.17. The van der Waals surface area contributed by atoms with E-state index in [1.807, 2.05) is 4.98 Å². The minimum atomic E-state index is -4.15. The molecule has 0 spiro atoms. The molecule has 1 unspecified atom stereocenters. The van der Waals surface area contributed by atoms with Crippen LogP contribution in [0.5, 0.6) is 5.75 Å². The molecule has 13 heteroatoms. The first kappa shape index (κ1) is 19.0. The lowest BCUT2D eigenvalue weighted by molar-refractivity contribution is -0.0786. The summed E-state index contributed by atoms with van der Waals surface area (Å²) in [5.74, 6) is 0.276. The number of ether oxygens (including phenoxy) is 1. The Morgan fingerprint density at radius 1 is 1.38 bits per heavy atom. The molecule has 3 heterocycles. The van der Waals surface area contributed by atoms with E-state index in [0.29, 0.717) is 10.1 Å². The maximum Gasteiger partial charge on any atom is 0.530 e. The molecule has 156 valence electrons. The van der Waals surface area contributed by atoms with Crippen LogP contribution in [-0.2, 0) is 25.0 Å². The van der Waals surface area contributed by atoms with Crippen molar-refractivity contribution in [2.24, 2.45) is 0 Å². The summed E-state index contributed by atoms with van der Waals surface area (Å²) in [4.78, 5) is 25.2. The predicted octanol–water partition coefficient (Wildman–Crippen LogP) is 0.456. The van der Waals surface area contributed by atoms with Gasteiger partial charge in [0.25, 0.3) is 5.56 Å². The zero-order valence-corrected chi connectivity index (χ0v) is 16.2. The fourth-order valence-electron chi connectivity index (χ4n) is 2.80. The Morgan fingerprint density at radius 2 is 2.14 bits per heavy atom. The zero-order chi connectivity index (χ0) is 21.7. The molecule has 29 heavy (non-hydrogen) atoms. The largest absolute Gasteiger partial charge is 0.530 e. The summed E-state index contributed by atoms with van der Waals surface area (Å²) < 4.78 is 42.5. The van der Waals surface area contributed by atoms with Crippen molar-refractivity contribution < 1.29 is 34.5 Å². The van der Waals surface area contributed by atoms with Gasteiger partial charge in [-0.2, -0.15) is 0 Å². The SMILES string of the molecule is [2H][C@@]1(n2ccc(=O)[nH]c2=O)O[C@](Cl)(COP2(=O)OCc3ccccc3O2)[C@@H](O)[C@H]1O.